The number of benzene rings is 1. The predicted octanol–water partition coefficient (Wildman–Crippen LogP) is 3.15. The van der Waals surface area contributed by atoms with Crippen LogP contribution in [0.25, 0.3) is 33.5 Å². The molecule has 0 aliphatic carbocycles. The molecule has 0 unspecified atom stereocenters. The van der Waals surface area contributed by atoms with Gasteiger partial charge in [0, 0.05) is 54.3 Å². The van der Waals surface area contributed by atoms with E-state index in [1.165, 1.54) is 6.33 Å². The van der Waals surface area contributed by atoms with Crippen molar-refractivity contribution < 1.29 is 19.7 Å². The molecule has 0 bridgehead atoms. The zero-order valence-electron chi connectivity index (χ0n) is 21.2. The van der Waals surface area contributed by atoms with E-state index in [0.717, 1.165) is 22.2 Å². The number of aliphatic hydroxyl groups is 2. The average Bonchev–Trinajstić information content (AvgIpc) is 3.37. The molecule has 0 saturated carbocycles. The lowest BCUT2D eigenvalue weighted by molar-refractivity contribution is -0.135. The molecule has 3 aromatic heterocycles. The van der Waals surface area contributed by atoms with Gasteiger partial charge in [0.2, 0.25) is 5.91 Å². The van der Waals surface area contributed by atoms with Crippen LogP contribution in [0.15, 0.2) is 48.9 Å². The largest absolute Gasteiger partial charge is 0.489 e. The summed E-state index contributed by atoms with van der Waals surface area (Å²) in [5.74, 6) is 0.207. The lowest BCUT2D eigenvalue weighted by Gasteiger charge is -2.32. The van der Waals surface area contributed by atoms with Crippen molar-refractivity contribution in [1.29, 1.82) is 5.26 Å². The van der Waals surface area contributed by atoms with Crippen LogP contribution < -0.4 is 4.74 Å². The van der Waals surface area contributed by atoms with Crippen molar-refractivity contribution in [3.8, 4) is 34.3 Å². The van der Waals surface area contributed by atoms with Crippen LogP contribution in [0.3, 0.4) is 0 Å². The van der Waals surface area contributed by atoms with Crippen molar-refractivity contribution in [2.75, 3.05) is 19.7 Å². The van der Waals surface area contributed by atoms with Gasteiger partial charge < -0.3 is 24.8 Å². The number of hydrogen-bond donors (Lipinski definition) is 3. The Labute approximate surface area is 219 Å². The SMILES string of the molecule is CC(C)(O)c1ccc(-c2cc3c(-c4ccc(OC5CCN(C(=O)CO)CC5)c(C#N)c4)ncnc3[nH]2)cn1. The summed E-state index contributed by atoms with van der Waals surface area (Å²) in [7, 11) is 0. The van der Waals surface area contributed by atoms with E-state index in [1.807, 2.05) is 18.2 Å². The summed E-state index contributed by atoms with van der Waals surface area (Å²) in [5.41, 5.74) is 3.68. The number of ether oxygens (including phenoxy) is 1. The summed E-state index contributed by atoms with van der Waals surface area (Å²) in [6.07, 6.45) is 4.32. The maximum absolute atomic E-state index is 11.7. The van der Waals surface area contributed by atoms with Gasteiger partial charge in [-0.25, -0.2) is 9.97 Å². The third kappa shape index (κ3) is 5.07. The third-order valence-electron chi connectivity index (χ3n) is 6.72. The van der Waals surface area contributed by atoms with Gasteiger partial charge in [-0.2, -0.15) is 5.26 Å². The highest BCUT2D eigenvalue weighted by Crippen LogP contribution is 2.33. The monoisotopic (exact) mass is 512 g/mol. The second kappa shape index (κ2) is 10.2. The Hall–Kier alpha value is -4.33. The lowest BCUT2D eigenvalue weighted by atomic mass is 10.0. The molecule has 194 valence electrons. The molecule has 0 spiro atoms. The summed E-state index contributed by atoms with van der Waals surface area (Å²) in [6, 6.07) is 13.3. The first kappa shape index (κ1) is 25.3. The molecular formula is C28H28N6O4. The third-order valence-corrected chi connectivity index (χ3v) is 6.72. The smallest absolute Gasteiger partial charge is 0.248 e. The number of nitrogens with zero attached hydrogens (tertiary/aromatic N) is 5. The highest BCUT2D eigenvalue weighted by atomic mass is 16.5. The number of hydrogen-bond acceptors (Lipinski definition) is 8. The Balaban J connectivity index is 1.39. The minimum Gasteiger partial charge on any atom is -0.489 e. The van der Waals surface area contributed by atoms with Crippen molar-refractivity contribution in [3.63, 3.8) is 0 Å². The maximum Gasteiger partial charge on any atom is 0.248 e. The number of nitrogens with one attached hydrogen (secondary N) is 1. The van der Waals surface area contributed by atoms with Gasteiger partial charge >= 0.3 is 0 Å². The van der Waals surface area contributed by atoms with Crippen LogP contribution in [0.2, 0.25) is 0 Å². The van der Waals surface area contributed by atoms with Crippen molar-refractivity contribution in [1.82, 2.24) is 24.8 Å². The minimum absolute atomic E-state index is 0.120. The van der Waals surface area contributed by atoms with E-state index in [9.17, 15) is 15.2 Å². The van der Waals surface area contributed by atoms with E-state index in [-0.39, 0.29) is 12.0 Å². The summed E-state index contributed by atoms with van der Waals surface area (Å²) >= 11 is 0. The molecule has 0 atom stereocenters. The van der Waals surface area contributed by atoms with Crippen LogP contribution in [0.1, 0.15) is 37.9 Å². The molecule has 4 aromatic rings. The molecule has 1 fully saturated rings. The lowest BCUT2D eigenvalue weighted by Crippen LogP contribution is -2.42. The Kier molecular flexibility index (Phi) is 6.80. The molecule has 1 aliphatic heterocycles. The second-order valence-corrected chi connectivity index (χ2v) is 9.84. The Bertz CT molecular complexity index is 1510. The predicted molar refractivity (Wildman–Crippen MR) is 140 cm³/mol. The van der Waals surface area contributed by atoms with Crippen LogP contribution in [-0.2, 0) is 10.4 Å². The number of amides is 1. The first-order chi connectivity index (χ1) is 18.3. The van der Waals surface area contributed by atoms with Gasteiger partial charge in [0.1, 0.15) is 42.1 Å². The van der Waals surface area contributed by atoms with Gasteiger partial charge in [-0.3, -0.25) is 9.78 Å². The van der Waals surface area contributed by atoms with Crippen LogP contribution in [0.4, 0.5) is 0 Å². The fourth-order valence-corrected chi connectivity index (χ4v) is 4.61. The second-order valence-electron chi connectivity index (χ2n) is 9.84. The van der Waals surface area contributed by atoms with Crippen LogP contribution in [-0.4, -0.2) is 66.8 Å². The van der Waals surface area contributed by atoms with Gasteiger partial charge in [0.05, 0.1) is 17.0 Å². The fourth-order valence-electron chi connectivity index (χ4n) is 4.61. The quantitative estimate of drug-likeness (QED) is 0.357. The van der Waals surface area contributed by atoms with E-state index in [1.54, 1.807) is 43.1 Å². The van der Waals surface area contributed by atoms with E-state index in [0.29, 0.717) is 54.3 Å². The van der Waals surface area contributed by atoms with Gasteiger partial charge in [-0.15, -0.1) is 0 Å². The van der Waals surface area contributed by atoms with E-state index < -0.39 is 12.2 Å². The van der Waals surface area contributed by atoms with Crippen LogP contribution in [0, 0.1) is 11.3 Å². The highest BCUT2D eigenvalue weighted by molar-refractivity contribution is 5.94. The molecule has 5 rings (SSSR count). The molecule has 1 aliphatic rings. The fraction of sp³-hybridized carbons (Fsp3) is 0.321. The number of piperidine rings is 1. The van der Waals surface area contributed by atoms with Crippen LogP contribution in [0.5, 0.6) is 5.75 Å². The van der Waals surface area contributed by atoms with Crippen LogP contribution >= 0.6 is 0 Å². The molecular weight excluding hydrogens is 484 g/mol. The molecule has 1 saturated heterocycles. The number of aromatic nitrogens is 4. The number of pyridine rings is 1. The summed E-state index contributed by atoms with van der Waals surface area (Å²) < 4.78 is 6.13. The molecule has 10 nitrogen and oxygen atoms in total. The normalized spacial score (nSPS) is 14.4. The van der Waals surface area contributed by atoms with E-state index in [2.05, 4.69) is 26.0 Å². The Morgan fingerprint density at radius 3 is 2.58 bits per heavy atom. The number of H-pyrrole nitrogens is 1. The number of carbonyl (C=O) groups excluding carboxylic acids is 1. The number of aliphatic hydroxyl groups excluding tert-OH is 1. The molecule has 3 N–H and O–H groups in total. The van der Waals surface area contributed by atoms with Crippen molar-refractivity contribution >= 4 is 16.9 Å². The number of fused-ring (bicyclic) bond motifs is 1. The first-order valence-electron chi connectivity index (χ1n) is 12.4. The summed E-state index contributed by atoms with van der Waals surface area (Å²) in [5, 5.41) is 29.9. The minimum atomic E-state index is -1.03. The Morgan fingerprint density at radius 1 is 1.16 bits per heavy atom. The molecule has 0 radical (unpaired) electrons. The highest BCUT2D eigenvalue weighted by Gasteiger charge is 2.24. The number of aromatic amines is 1. The van der Waals surface area contributed by atoms with Crippen molar-refractivity contribution in [3.05, 3.63) is 60.2 Å². The number of likely N-dealkylation sites (tertiary alicyclic amines) is 1. The first-order valence-corrected chi connectivity index (χ1v) is 12.4. The van der Waals surface area contributed by atoms with Crippen molar-refractivity contribution in [2.24, 2.45) is 0 Å². The van der Waals surface area contributed by atoms with Gasteiger partial charge in [0.25, 0.3) is 0 Å². The summed E-state index contributed by atoms with van der Waals surface area (Å²) in [4.78, 5) is 29.9. The van der Waals surface area contributed by atoms with Gasteiger partial charge in [-0.05, 0) is 50.2 Å². The number of nitriles is 1. The zero-order valence-corrected chi connectivity index (χ0v) is 21.2. The summed E-state index contributed by atoms with van der Waals surface area (Å²) in [6.45, 7) is 3.91. The standard InChI is InChI=1S/C28H28N6O4/c1-28(2,37)24-6-4-18(14-30-24)22-12-21-26(31-16-32-27(21)33-22)17-3-5-23(19(11-17)13-29)38-20-7-9-34(10-8-20)25(36)15-35/h3-6,11-12,14,16,20,35,37H,7-10,15H2,1-2H3,(H,31,32,33). The molecule has 10 heteroatoms. The molecule has 38 heavy (non-hydrogen) atoms. The average molecular weight is 513 g/mol. The maximum atomic E-state index is 11.7. The Morgan fingerprint density at radius 2 is 1.92 bits per heavy atom. The zero-order chi connectivity index (χ0) is 26.9. The van der Waals surface area contributed by atoms with Gasteiger partial charge in [0.15, 0.2) is 0 Å². The number of carbonyl (C=O) groups is 1. The van der Waals surface area contributed by atoms with E-state index >= 15 is 0 Å². The molecule has 1 amide bonds. The molecule has 1 aromatic carbocycles. The van der Waals surface area contributed by atoms with E-state index in [4.69, 9.17) is 9.84 Å². The topological polar surface area (TPSA) is 148 Å². The van der Waals surface area contributed by atoms with Gasteiger partial charge in [-0.1, -0.05) is 0 Å². The number of rotatable bonds is 6. The van der Waals surface area contributed by atoms with Crippen molar-refractivity contribution in [2.45, 2.75) is 38.4 Å². The molecule has 4 heterocycles.